The molecule has 1 amide bonds. The number of nitrogen functional groups attached to an aromatic ring is 1. The lowest BCUT2D eigenvalue weighted by Gasteiger charge is -2.30. The van der Waals surface area contributed by atoms with Crippen molar-refractivity contribution in [2.45, 2.75) is 26.3 Å². The molecule has 0 unspecified atom stereocenters. The maximum absolute atomic E-state index is 12.6. The Bertz CT molecular complexity index is 789. The minimum absolute atomic E-state index is 0. The number of nitrogens with two attached hydrogens (primary N) is 1. The third-order valence-corrected chi connectivity index (χ3v) is 4.04. The Labute approximate surface area is 144 Å². The number of hydrogen-bond acceptors (Lipinski definition) is 5. The zero-order valence-electron chi connectivity index (χ0n) is 13.1. The fraction of sp³-hybridized carbons (Fsp3) is 0.333. The standard InChI is InChI=1S/C15H17N5O3.ClH/c1-10-17-14(20(22)23)8-18(10)9-15(21)19-7-3-4-11-12(16)5-2-6-13(11)19;/h2,5-6,8H,3-4,7,9,16H2,1H3;1H. The molecule has 0 radical (unpaired) electrons. The molecule has 24 heavy (non-hydrogen) atoms. The molecule has 1 aliphatic rings. The highest BCUT2D eigenvalue weighted by Gasteiger charge is 2.25. The number of carbonyl (C=O) groups is 1. The third-order valence-electron chi connectivity index (χ3n) is 4.04. The number of benzene rings is 1. The topological polar surface area (TPSA) is 107 Å². The quantitative estimate of drug-likeness (QED) is 0.517. The van der Waals surface area contributed by atoms with Gasteiger partial charge in [-0.3, -0.25) is 9.36 Å². The monoisotopic (exact) mass is 351 g/mol. The van der Waals surface area contributed by atoms with E-state index in [0.29, 0.717) is 18.1 Å². The van der Waals surface area contributed by atoms with E-state index in [2.05, 4.69) is 4.98 Å². The van der Waals surface area contributed by atoms with Crippen LogP contribution in [0.1, 0.15) is 17.8 Å². The van der Waals surface area contributed by atoms with Gasteiger partial charge in [0.2, 0.25) is 11.7 Å². The highest BCUT2D eigenvalue weighted by Crippen LogP contribution is 2.31. The van der Waals surface area contributed by atoms with Crippen LogP contribution in [0.25, 0.3) is 0 Å². The first-order valence-electron chi connectivity index (χ1n) is 7.33. The summed E-state index contributed by atoms with van der Waals surface area (Å²) >= 11 is 0. The van der Waals surface area contributed by atoms with Gasteiger partial charge in [0, 0.05) is 24.8 Å². The van der Waals surface area contributed by atoms with Crippen molar-refractivity contribution >= 4 is 35.5 Å². The van der Waals surface area contributed by atoms with Crippen LogP contribution in [0.4, 0.5) is 17.2 Å². The van der Waals surface area contributed by atoms with Gasteiger partial charge in [-0.25, -0.2) is 0 Å². The summed E-state index contributed by atoms with van der Waals surface area (Å²) in [5.74, 6) is 0.0559. The number of nitrogens with zero attached hydrogens (tertiary/aromatic N) is 4. The number of nitro groups is 1. The van der Waals surface area contributed by atoms with Crippen molar-refractivity contribution in [1.29, 1.82) is 0 Å². The van der Waals surface area contributed by atoms with Gasteiger partial charge in [-0.15, -0.1) is 12.4 Å². The van der Waals surface area contributed by atoms with Crippen LogP contribution in [0, 0.1) is 17.0 Å². The second-order valence-electron chi connectivity index (χ2n) is 5.53. The second kappa shape index (κ2) is 6.88. The Morgan fingerprint density at radius 2 is 2.21 bits per heavy atom. The molecule has 1 aromatic heterocycles. The minimum Gasteiger partial charge on any atom is -0.398 e. The van der Waals surface area contributed by atoms with E-state index in [0.717, 1.165) is 24.1 Å². The zero-order chi connectivity index (χ0) is 16.6. The Balaban J connectivity index is 0.00000208. The molecule has 1 aromatic carbocycles. The summed E-state index contributed by atoms with van der Waals surface area (Å²) in [7, 11) is 0. The lowest BCUT2D eigenvalue weighted by molar-refractivity contribution is -0.389. The molecule has 0 fully saturated rings. The summed E-state index contributed by atoms with van der Waals surface area (Å²) in [6.45, 7) is 2.27. The molecular formula is C15H18ClN5O3. The zero-order valence-corrected chi connectivity index (χ0v) is 14.0. The van der Waals surface area contributed by atoms with Crippen molar-refractivity contribution < 1.29 is 9.72 Å². The Kier molecular flexibility index (Phi) is 5.08. The van der Waals surface area contributed by atoms with Crippen LogP contribution in [0.5, 0.6) is 0 Å². The fourth-order valence-electron chi connectivity index (χ4n) is 2.88. The normalized spacial score (nSPS) is 13.1. The van der Waals surface area contributed by atoms with E-state index in [4.69, 9.17) is 5.73 Å². The van der Waals surface area contributed by atoms with E-state index >= 15 is 0 Å². The molecular weight excluding hydrogens is 334 g/mol. The molecule has 0 aliphatic carbocycles. The second-order valence-corrected chi connectivity index (χ2v) is 5.53. The van der Waals surface area contributed by atoms with E-state index in [-0.39, 0.29) is 30.7 Å². The Morgan fingerprint density at radius 3 is 2.88 bits per heavy atom. The molecule has 2 aromatic rings. The molecule has 1 aliphatic heterocycles. The van der Waals surface area contributed by atoms with Crippen LogP contribution in [-0.4, -0.2) is 26.9 Å². The molecule has 0 saturated heterocycles. The minimum atomic E-state index is -0.565. The lowest BCUT2D eigenvalue weighted by atomic mass is 10.00. The smallest absolute Gasteiger partial charge is 0.381 e. The maximum Gasteiger partial charge on any atom is 0.381 e. The molecule has 9 heteroatoms. The van der Waals surface area contributed by atoms with Gasteiger partial charge >= 0.3 is 5.82 Å². The van der Waals surface area contributed by atoms with Crippen molar-refractivity contribution in [1.82, 2.24) is 9.55 Å². The number of amides is 1. The van der Waals surface area contributed by atoms with Gasteiger partial charge < -0.3 is 20.7 Å². The van der Waals surface area contributed by atoms with Crippen LogP contribution in [0.3, 0.4) is 0 Å². The largest absolute Gasteiger partial charge is 0.398 e. The van der Waals surface area contributed by atoms with E-state index in [1.54, 1.807) is 11.8 Å². The summed E-state index contributed by atoms with van der Waals surface area (Å²) < 4.78 is 1.50. The predicted molar refractivity (Wildman–Crippen MR) is 92.4 cm³/mol. The van der Waals surface area contributed by atoms with Gasteiger partial charge in [0.25, 0.3) is 0 Å². The number of hydrogen-bond donors (Lipinski definition) is 1. The van der Waals surface area contributed by atoms with Crippen LogP contribution < -0.4 is 10.6 Å². The summed E-state index contributed by atoms with van der Waals surface area (Å²) in [6, 6.07) is 5.54. The summed E-state index contributed by atoms with van der Waals surface area (Å²) in [6.07, 6.45) is 2.98. The molecule has 3 rings (SSSR count). The van der Waals surface area contributed by atoms with Gasteiger partial charge in [0.15, 0.2) is 0 Å². The van der Waals surface area contributed by atoms with Crippen molar-refractivity contribution in [2.24, 2.45) is 0 Å². The van der Waals surface area contributed by atoms with Gasteiger partial charge in [-0.2, -0.15) is 0 Å². The number of fused-ring (bicyclic) bond motifs is 1. The molecule has 128 valence electrons. The number of aryl methyl sites for hydroxylation is 1. The molecule has 0 atom stereocenters. The van der Waals surface area contributed by atoms with Crippen molar-refractivity contribution in [3.05, 3.63) is 45.9 Å². The van der Waals surface area contributed by atoms with E-state index in [9.17, 15) is 14.9 Å². The number of halogens is 1. The highest BCUT2D eigenvalue weighted by atomic mass is 35.5. The van der Waals surface area contributed by atoms with Crippen LogP contribution >= 0.6 is 12.4 Å². The van der Waals surface area contributed by atoms with Crippen molar-refractivity contribution in [3.63, 3.8) is 0 Å². The highest BCUT2D eigenvalue weighted by molar-refractivity contribution is 5.95. The van der Waals surface area contributed by atoms with Gasteiger partial charge in [-0.05, 0) is 40.4 Å². The summed E-state index contributed by atoms with van der Waals surface area (Å²) in [4.78, 5) is 28.4. The molecule has 2 heterocycles. The van der Waals surface area contributed by atoms with Crippen molar-refractivity contribution in [3.8, 4) is 0 Å². The molecule has 0 saturated carbocycles. The Morgan fingerprint density at radius 1 is 1.46 bits per heavy atom. The van der Waals surface area contributed by atoms with Crippen molar-refractivity contribution in [2.75, 3.05) is 17.2 Å². The number of imidazole rings is 1. The molecule has 2 N–H and O–H groups in total. The SMILES string of the molecule is Cc1nc([N+](=O)[O-])cn1CC(=O)N1CCCc2c(N)cccc21.Cl. The summed E-state index contributed by atoms with van der Waals surface area (Å²) in [5, 5.41) is 10.8. The number of carbonyl (C=O) groups excluding carboxylic acids is 1. The molecule has 0 spiro atoms. The van der Waals surface area contributed by atoms with Gasteiger partial charge in [0.05, 0.1) is 0 Å². The molecule has 8 nitrogen and oxygen atoms in total. The van der Waals surface area contributed by atoms with E-state index in [1.807, 2.05) is 18.2 Å². The first-order chi connectivity index (χ1) is 11.0. The van der Waals surface area contributed by atoms with Crippen LogP contribution in [0.15, 0.2) is 24.4 Å². The fourth-order valence-corrected chi connectivity index (χ4v) is 2.88. The number of aromatic nitrogens is 2. The average molecular weight is 352 g/mol. The Hall–Kier alpha value is -2.61. The van der Waals surface area contributed by atoms with Crippen LogP contribution in [-0.2, 0) is 17.8 Å². The van der Waals surface area contributed by atoms with Crippen LogP contribution in [0.2, 0.25) is 0 Å². The third kappa shape index (κ3) is 3.18. The maximum atomic E-state index is 12.6. The van der Waals surface area contributed by atoms with E-state index in [1.165, 1.54) is 10.8 Å². The van der Waals surface area contributed by atoms with Gasteiger partial charge in [0.1, 0.15) is 12.7 Å². The number of anilines is 2. The average Bonchev–Trinajstić information content (AvgIpc) is 2.88. The summed E-state index contributed by atoms with van der Waals surface area (Å²) in [5.41, 5.74) is 8.49. The molecule has 0 bridgehead atoms. The number of rotatable bonds is 3. The first kappa shape index (κ1) is 17.7. The van der Waals surface area contributed by atoms with Gasteiger partial charge in [-0.1, -0.05) is 6.07 Å². The lowest BCUT2D eigenvalue weighted by Crippen LogP contribution is -2.38. The van der Waals surface area contributed by atoms with E-state index < -0.39 is 4.92 Å². The first-order valence-corrected chi connectivity index (χ1v) is 7.33. The predicted octanol–water partition coefficient (Wildman–Crippen LogP) is 2.08.